The zero-order valence-electron chi connectivity index (χ0n) is 14.6. The number of carbonyl (C=O) groups excluding carboxylic acids is 2. The van der Waals surface area contributed by atoms with Crippen molar-refractivity contribution in [1.82, 2.24) is 20.0 Å². The molecule has 138 valence electrons. The van der Waals surface area contributed by atoms with Gasteiger partial charge in [0.2, 0.25) is 5.91 Å². The summed E-state index contributed by atoms with van der Waals surface area (Å²) in [5.41, 5.74) is 2.33. The second-order valence-electron chi connectivity index (χ2n) is 6.04. The number of amides is 3. The van der Waals surface area contributed by atoms with Gasteiger partial charge in [0.15, 0.2) is 5.82 Å². The third kappa shape index (κ3) is 3.81. The molecular weight excluding hydrogens is 358 g/mol. The molecule has 0 aliphatic carbocycles. The van der Waals surface area contributed by atoms with Crippen LogP contribution in [0.2, 0.25) is 5.02 Å². The Morgan fingerprint density at radius 2 is 2.08 bits per heavy atom. The molecule has 0 radical (unpaired) electrons. The molecule has 9 heteroatoms. The quantitative estimate of drug-likeness (QED) is 0.807. The molecule has 26 heavy (non-hydrogen) atoms. The number of aromatic nitrogens is 2. The van der Waals surface area contributed by atoms with Crippen LogP contribution in [0.3, 0.4) is 0 Å². The van der Waals surface area contributed by atoms with Crippen LogP contribution in [0.25, 0.3) is 11.1 Å². The normalized spacial score (nSPS) is 14.2. The van der Waals surface area contributed by atoms with E-state index in [2.05, 4.69) is 15.5 Å². The Morgan fingerprint density at radius 3 is 2.69 bits per heavy atom. The lowest BCUT2D eigenvalue weighted by Gasteiger charge is -2.15. The summed E-state index contributed by atoms with van der Waals surface area (Å²) in [6, 6.07) is 7.08. The van der Waals surface area contributed by atoms with Crippen molar-refractivity contribution >= 4 is 29.4 Å². The molecule has 1 saturated heterocycles. The Morgan fingerprint density at radius 1 is 1.35 bits per heavy atom. The zero-order chi connectivity index (χ0) is 18.7. The summed E-state index contributed by atoms with van der Waals surface area (Å²) in [7, 11) is 3.30. The van der Waals surface area contributed by atoms with Crippen molar-refractivity contribution in [3.05, 3.63) is 35.0 Å². The maximum atomic E-state index is 12.4. The maximum absolute atomic E-state index is 12.4. The van der Waals surface area contributed by atoms with Gasteiger partial charge in [-0.3, -0.25) is 9.89 Å². The summed E-state index contributed by atoms with van der Waals surface area (Å²) in [4.78, 5) is 27.4. The van der Waals surface area contributed by atoms with Gasteiger partial charge >= 0.3 is 6.03 Å². The smallest absolute Gasteiger partial charge is 0.320 e. The fourth-order valence-corrected chi connectivity index (χ4v) is 2.97. The van der Waals surface area contributed by atoms with Crippen LogP contribution < -0.4 is 5.32 Å². The number of ether oxygens (including phenoxy) is 1. The molecule has 2 aromatic rings. The third-order valence-electron chi connectivity index (χ3n) is 4.16. The first kappa shape index (κ1) is 18.2. The van der Waals surface area contributed by atoms with Crippen LogP contribution in [0.1, 0.15) is 5.69 Å². The molecular formula is C17H20ClN5O3. The van der Waals surface area contributed by atoms with Crippen molar-refractivity contribution in [1.29, 1.82) is 0 Å². The van der Waals surface area contributed by atoms with Crippen LogP contribution in [-0.4, -0.2) is 65.7 Å². The molecule has 1 aromatic heterocycles. The van der Waals surface area contributed by atoms with Crippen molar-refractivity contribution in [2.75, 3.05) is 39.1 Å². The van der Waals surface area contributed by atoms with Gasteiger partial charge in [-0.2, -0.15) is 5.10 Å². The lowest BCUT2D eigenvalue weighted by molar-refractivity contribution is -0.116. The fraction of sp³-hybridized carbons (Fsp3) is 0.353. The minimum Gasteiger partial charge on any atom is -0.378 e. The van der Waals surface area contributed by atoms with E-state index in [9.17, 15) is 9.59 Å². The van der Waals surface area contributed by atoms with E-state index in [1.54, 1.807) is 31.2 Å². The molecule has 1 aliphatic rings. The first-order chi connectivity index (χ1) is 12.5. The summed E-state index contributed by atoms with van der Waals surface area (Å²) < 4.78 is 5.20. The van der Waals surface area contributed by atoms with Crippen LogP contribution in [0.5, 0.6) is 0 Å². The highest BCUT2D eigenvalue weighted by molar-refractivity contribution is 6.30. The van der Waals surface area contributed by atoms with Gasteiger partial charge in [-0.1, -0.05) is 23.7 Å². The number of aromatic amines is 1. The Balaban J connectivity index is 1.80. The molecule has 2 N–H and O–H groups in total. The van der Waals surface area contributed by atoms with Crippen molar-refractivity contribution in [3.8, 4) is 11.1 Å². The zero-order valence-corrected chi connectivity index (χ0v) is 15.3. The largest absolute Gasteiger partial charge is 0.378 e. The van der Waals surface area contributed by atoms with Gasteiger partial charge in [0.1, 0.15) is 6.54 Å². The maximum Gasteiger partial charge on any atom is 0.320 e. The molecule has 8 nitrogen and oxygen atoms in total. The second kappa shape index (κ2) is 7.76. The highest BCUT2D eigenvalue weighted by Crippen LogP contribution is 2.31. The lowest BCUT2D eigenvalue weighted by atomic mass is 10.1. The lowest BCUT2D eigenvalue weighted by Crippen LogP contribution is -2.36. The summed E-state index contributed by atoms with van der Waals surface area (Å²) in [6.07, 6.45) is 0. The number of rotatable bonds is 6. The van der Waals surface area contributed by atoms with Gasteiger partial charge in [0.25, 0.3) is 0 Å². The molecule has 1 aromatic carbocycles. The van der Waals surface area contributed by atoms with Gasteiger partial charge in [0.05, 0.1) is 12.3 Å². The number of benzene rings is 1. The van der Waals surface area contributed by atoms with E-state index in [1.807, 2.05) is 12.1 Å². The number of likely N-dealkylation sites (N-methyl/N-ethyl adjacent to an activating group) is 1. The molecule has 2 heterocycles. The van der Waals surface area contributed by atoms with Gasteiger partial charge < -0.3 is 19.9 Å². The van der Waals surface area contributed by atoms with E-state index in [0.29, 0.717) is 30.5 Å². The predicted molar refractivity (Wildman–Crippen MR) is 98.0 cm³/mol. The average molecular weight is 378 g/mol. The fourth-order valence-electron chi connectivity index (χ4n) is 2.84. The van der Waals surface area contributed by atoms with E-state index in [-0.39, 0.29) is 18.5 Å². The van der Waals surface area contributed by atoms with Gasteiger partial charge in [-0.15, -0.1) is 0 Å². The van der Waals surface area contributed by atoms with Gasteiger partial charge in [-0.05, 0) is 17.7 Å². The molecule has 0 unspecified atom stereocenters. The summed E-state index contributed by atoms with van der Waals surface area (Å²) in [5, 5.41) is 10.5. The first-order valence-corrected chi connectivity index (χ1v) is 8.49. The number of hydrogen-bond acceptors (Lipinski definition) is 4. The van der Waals surface area contributed by atoms with Crippen LogP contribution in [0, 0.1) is 0 Å². The van der Waals surface area contributed by atoms with Crippen molar-refractivity contribution < 1.29 is 14.3 Å². The predicted octanol–water partition coefficient (Wildman–Crippen LogP) is 2.18. The molecule has 0 saturated carbocycles. The molecule has 3 amide bonds. The Hall–Kier alpha value is -2.58. The number of carbonyl (C=O) groups is 2. The van der Waals surface area contributed by atoms with E-state index in [4.69, 9.17) is 16.3 Å². The van der Waals surface area contributed by atoms with Crippen LogP contribution in [0.15, 0.2) is 24.3 Å². The monoisotopic (exact) mass is 377 g/mol. The highest BCUT2D eigenvalue weighted by Gasteiger charge is 2.27. The molecule has 0 spiro atoms. The molecule has 0 atom stereocenters. The molecule has 3 rings (SSSR count). The summed E-state index contributed by atoms with van der Waals surface area (Å²) in [6.45, 7) is 1.44. The SMILES string of the molecule is COCc1[nH]nc(NC(=O)CN2CCN(C)C2=O)c1-c1ccc(Cl)cc1. The Labute approximate surface area is 156 Å². The molecule has 1 fully saturated rings. The van der Waals surface area contributed by atoms with Crippen LogP contribution >= 0.6 is 11.6 Å². The third-order valence-corrected chi connectivity index (χ3v) is 4.41. The molecule has 0 bridgehead atoms. The second-order valence-corrected chi connectivity index (χ2v) is 6.48. The van der Waals surface area contributed by atoms with E-state index >= 15 is 0 Å². The number of methoxy groups -OCH3 is 1. The number of halogens is 1. The number of H-pyrrole nitrogens is 1. The van der Waals surface area contributed by atoms with Crippen molar-refractivity contribution in [3.63, 3.8) is 0 Å². The molecule has 1 aliphatic heterocycles. The highest BCUT2D eigenvalue weighted by atomic mass is 35.5. The number of nitrogens with zero attached hydrogens (tertiary/aromatic N) is 3. The van der Waals surface area contributed by atoms with Crippen molar-refractivity contribution in [2.45, 2.75) is 6.61 Å². The van der Waals surface area contributed by atoms with Crippen molar-refractivity contribution in [2.24, 2.45) is 0 Å². The average Bonchev–Trinajstić information content (AvgIpc) is 3.14. The van der Waals surface area contributed by atoms with E-state index in [1.165, 1.54) is 4.90 Å². The van der Waals surface area contributed by atoms with Crippen LogP contribution in [0.4, 0.5) is 10.6 Å². The number of hydrogen-bond donors (Lipinski definition) is 2. The minimum absolute atomic E-state index is 0.0182. The minimum atomic E-state index is -0.306. The summed E-state index contributed by atoms with van der Waals surface area (Å²) >= 11 is 5.96. The van der Waals surface area contributed by atoms with E-state index in [0.717, 1.165) is 16.8 Å². The topological polar surface area (TPSA) is 90.6 Å². The van der Waals surface area contributed by atoms with Gasteiger partial charge in [0, 0.05) is 37.8 Å². The van der Waals surface area contributed by atoms with Gasteiger partial charge in [-0.25, -0.2) is 4.79 Å². The Bertz CT molecular complexity index is 805. The number of anilines is 1. The van der Waals surface area contributed by atoms with Crippen LogP contribution in [-0.2, 0) is 16.1 Å². The number of urea groups is 1. The Kier molecular flexibility index (Phi) is 5.43. The first-order valence-electron chi connectivity index (χ1n) is 8.11. The summed E-state index contributed by atoms with van der Waals surface area (Å²) in [5.74, 6) is 0.0868. The van der Waals surface area contributed by atoms with E-state index < -0.39 is 0 Å². The standard InChI is InChI=1S/C17H20ClN5O3/c1-22-7-8-23(17(22)25)9-14(24)19-16-15(13(10-26-2)20-21-16)11-3-5-12(18)6-4-11/h3-6H,7-10H2,1-2H3,(H2,19,20,21,24). The number of nitrogens with one attached hydrogen (secondary N) is 2.